The van der Waals surface area contributed by atoms with Gasteiger partial charge in [0.25, 0.3) is 0 Å². The molecular weight excluding hydrogens is 116 g/mol. The number of hydrogen-bond donors (Lipinski definition) is 0. The Morgan fingerprint density at radius 1 is 1.22 bits per heavy atom. The first-order valence-corrected chi connectivity index (χ1v) is 3.07. The summed E-state index contributed by atoms with van der Waals surface area (Å²) in [5.74, 6) is 0.884. The van der Waals surface area contributed by atoms with Crippen LogP contribution in [-0.4, -0.2) is 12.6 Å². The molecule has 0 unspecified atom stereocenters. The maximum Gasteiger partial charge on any atom is 0.182 e. The molecule has 2 nitrogen and oxygen atoms in total. The molecule has 0 aromatic carbocycles. The molecule has 0 aromatic heterocycles. The highest BCUT2D eigenvalue weighted by Gasteiger charge is 1.80. The van der Waals surface area contributed by atoms with Crippen LogP contribution in [0.3, 0.4) is 0 Å². The van der Waals surface area contributed by atoms with Crippen molar-refractivity contribution in [2.45, 2.75) is 27.2 Å². The number of rotatable bonds is 2. The van der Waals surface area contributed by atoms with Crippen LogP contribution in [0.1, 0.15) is 27.2 Å². The van der Waals surface area contributed by atoms with Crippen molar-refractivity contribution in [2.75, 3.05) is 0 Å². The van der Waals surface area contributed by atoms with E-state index in [0.29, 0.717) is 0 Å². The zero-order chi connectivity index (χ0) is 7.70. The van der Waals surface area contributed by atoms with Gasteiger partial charge in [0, 0.05) is 0 Å². The average molecular weight is 130 g/mol. The van der Waals surface area contributed by atoms with Gasteiger partial charge in [-0.1, -0.05) is 27.2 Å². The molecule has 0 N–H and O–H groups in total. The van der Waals surface area contributed by atoms with E-state index in [0.717, 1.165) is 5.92 Å². The van der Waals surface area contributed by atoms with Crippen LogP contribution >= 0.6 is 0 Å². The summed E-state index contributed by atoms with van der Waals surface area (Å²) in [6.07, 6.45) is 1.69. The van der Waals surface area contributed by atoms with Gasteiger partial charge >= 0.3 is 0 Å². The Morgan fingerprint density at radius 3 is 1.44 bits per heavy atom. The Balaban J connectivity index is 0. The van der Waals surface area contributed by atoms with Gasteiger partial charge in [-0.15, -0.1) is 0 Å². The molecule has 0 aliphatic carbocycles. The number of aldehydes is 2. The van der Waals surface area contributed by atoms with E-state index in [1.54, 1.807) is 0 Å². The van der Waals surface area contributed by atoms with Gasteiger partial charge in [0.2, 0.25) is 0 Å². The Bertz CT molecular complexity index is 61.3. The van der Waals surface area contributed by atoms with Crippen LogP contribution in [-0.2, 0) is 9.59 Å². The van der Waals surface area contributed by atoms with Gasteiger partial charge in [-0.25, -0.2) is 0 Å². The highest BCUT2D eigenvalue weighted by atomic mass is 16.2. The number of hydrogen-bond acceptors (Lipinski definition) is 2. The van der Waals surface area contributed by atoms with Gasteiger partial charge in [0.05, 0.1) is 0 Å². The molecule has 0 bridgehead atoms. The number of carbonyl (C=O) groups excluding carboxylic acids is 2. The normalized spacial score (nSPS) is 7.56. The molecule has 0 rings (SSSR count). The summed E-state index contributed by atoms with van der Waals surface area (Å²) in [7, 11) is 0. The molecule has 0 heterocycles. The summed E-state index contributed by atoms with van der Waals surface area (Å²) in [5, 5.41) is 0. The molecule has 54 valence electrons. The molecule has 0 aliphatic heterocycles. The Morgan fingerprint density at radius 2 is 1.44 bits per heavy atom. The molecule has 0 amide bonds. The third-order valence-electron chi connectivity index (χ3n) is 0.872. The topological polar surface area (TPSA) is 34.1 Å². The lowest BCUT2D eigenvalue weighted by molar-refractivity contribution is -0.122. The maximum absolute atomic E-state index is 8.81. The quantitative estimate of drug-likeness (QED) is 0.418. The molecular formula is C7H14O2. The molecule has 0 saturated heterocycles. The molecule has 0 saturated carbocycles. The van der Waals surface area contributed by atoms with Crippen molar-refractivity contribution in [3.8, 4) is 0 Å². The molecule has 2 heteroatoms. The third kappa shape index (κ3) is 38.2. The van der Waals surface area contributed by atoms with E-state index in [4.69, 9.17) is 9.59 Å². The minimum atomic E-state index is 0.194. The van der Waals surface area contributed by atoms with Crippen LogP contribution in [0.2, 0.25) is 0 Å². The van der Waals surface area contributed by atoms with E-state index >= 15 is 0 Å². The van der Waals surface area contributed by atoms with Gasteiger partial charge in [-0.05, 0) is 5.92 Å². The van der Waals surface area contributed by atoms with Crippen molar-refractivity contribution in [1.29, 1.82) is 0 Å². The lowest BCUT2D eigenvalue weighted by Crippen LogP contribution is -1.77. The lowest BCUT2D eigenvalue weighted by atomic mass is 10.2. The number of carbonyl (C=O) groups is 2. The van der Waals surface area contributed by atoms with Crippen molar-refractivity contribution in [3.63, 3.8) is 0 Å². The molecule has 0 aliphatic rings. The van der Waals surface area contributed by atoms with Crippen molar-refractivity contribution in [1.82, 2.24) is 0 Å². The van der Waals surface area contributed by atoms with Crippen molar-refractivity contribution >= 4 is 12.6 Å². The fraction of sp³-hybridized carbons (Fsp3) is 0.714. The van der Waals surface area contributed by atoms with Gasteiger partial charge in [-0.3, -0.25) is 9.59 Å². The predicted octanol–water partition coefficient (Wildman–Crippen LogP) is 1.44. The predicted molar refractivity (Wildman–Crippen MR) is 37.3 cm³/mol. The molecule has 0 atom stereocenters. The van der Waals surface area contributed by atoms with E-state index in [1.165, 1.54) is 6.42 Å². The van der Waals surface area contributed by atoms with Crippen LogP contribution < -0.4 is 0 Å². The Hall–Kier alpha value is -0.660. The first-order chi connectivity index (χ1) is 4.18. The van der Waals surface area contributed by atoms with Gasteiger partial charge in [0.1, 0.15) is 0 Å². The minimum Gasteiger partial charge on any atom is -0.295 e. The van der Waals surface area contributed by atoms with Crippen LogP contribution in [0.5, 0.6) is 0 Å². The summed E-state index contributed by atoms with van der Waals surface area (Å²) >= 11 is 0. The zero-order valence-corrected chi connectivity index (χ0v) is 6.26. The summed E-state index contributed by atoms with van der Waals surface area (Å²) in [4.78, 5) is 17.6. The second kappa shape index (κ2) is 10.3. The standard InChI is InChI=1S/C5H12.C2H2O2/c1-4-5(2)3;3-1-2-4/h5H,4H2,1-3H3;1-2H. The van der Waals surface area contributed by atoms with E-state index in [2.05, 4.69) is 20.8 Å². The highest BCUT2D eigenvalue weighted by molar-refractivity contribution is 6.09. The lowest BCUT2D eigenvalue weighted by Gasteiger charge is -1.90. The van der Waals surface area contributed by atoms with Crippen LogP contribution in [0.25, 0.3) is 0 Å². The smallest absolute Gasteiger partial charge is 0.182 e. The second-order valence-corrected chi connectivity index (χ2v) is 2.07. The SMILES string of the molecule is CCC(C)C.O=CC=O. The van der Waals surface area contributed by atoms with Crippen molar-refractivity contribution in [2.24, 2.45) is 5.92 Å². The average Bonchev–Trinajstić information content (AvgIpc) is 1.89. The molecule has 0 fully saturated rings. The monoisotopic (exact) mass is 130 g/mol. The fourth-order valence-electron chi connectivity index (χ4n) is 0. The second-order valence-electron chi connectivity index (χ2n) is 2.07. The van der Waals surface area contributed by atoms with Gasteiger partial charge in [0.15, 0.2) is 12.6 Å². The Kier molecular flexibility index (Phi) is 12.9. The van der Waals surface area contributed by atoms with Crippen molar-refractivity contribution < 1.29 is 9.59 Å². The Labute approximate surface area is 56.3 Å². The van der Waals surface area contributed by atoms with E-state index in [-0.39, 0.29) is 12.6 Å². The fourth-order valence-corrected chi connectivity index (χ4v) is 0. The molecule has 0 aromatic rings. The van der Waals surface area contributed by atoms with Crippen LogP contribution in [0.4, 0.5) is 0 Å². The summed E-state index contributed by atoms with van der Waals surface area (Å²) in [5.41, 5.74) is 0. The molecule has 0 spiro atoms. The summed E-state index contributed by atoms with van der Waals surface area (Å²) in [6, 6.07) is 0. The van der Waals surface area contributed by atoms with Crippen LogP contribution in [0.15, 0.2) is 0 Å². The first-order valence-electron chi connectivity index (χ1n) is 3.07. The highest BCUT2D eigenvalue weighted by Crippen LogP contribution is 1.93. The van der Waals surface area contributed by atoms with E-state index < -0.39 is 0 Å². The third-order valence-corrected chi connectivity index (χ3v) is 0.872. The van der Waals surface area contributed by atoms with Crippen molar-refractivity contribution in [3.05, 3.63) is 0 Å². The maximum atomic E-state index is 8.81. The van der Waals surface area contributed by atoms with Crippen LogP contribution in [0, 0.1) is 5.92 Å². The minimum absolute atomic E-state index is 0.194. The van der Waals surface area contributed by atoms with E-state index in [1.807, 2.05) is 0 Å². The largest absolute Gasteiger partial charge is 0.295 e. The van der Waals surface area contributed by atoms with E-state index in [9.17, 15) is 0 Å². The summed E-state index contributed by atoms with van der Waals surface area (Å²) < 4.78 is 0. The summed E-state index contributed by atoms with van der Waals surface area (Å²) in [6.45, 7) is 6.64. The first kappa shape index (κ1) is 11.2. The molecule has 9 heavy (non-hydrogen) atoms. The van der Waals surface area contributed by atoms with Gasteiger partial charge in [-0.2, -0.15) is 0 Å². The molecule has 0 radical (unpaired) electrons. The zero-order valence-electron chi connectivity index (χ0n) is 6.26. The van der Waals surface area contributed by atoms with Gasteiger partial charge < -0.3 is 0 Å².